The highest BCUT2D eigenvalue weighted by Crippen LogP contribution is 2.31. The van der Waals surface area contributed by atoms with Crippen LogP contribution in [0.1, 0.15) is 25.3 Å². The van der Waals surface area contributed by atoms with Gasteiger partial charge in [-0.05, 0) is 48.3 Å². The molecule has 1 aromatic rings. The molecule has 0 aliphatic carbocycles. The van der Waals surface area contributed by atoms with Crippen molar-refractivity contribution in [2.45, 2.75) is 38.4 Å². The molecule has 1 aromatic carbocycles. The second kappa shape index (κ2) is 5.43. The van der Waals surface area contributed by atoms with Gasteiger partial charge in [-0.3, -0.25) is 9.80 Å². The quantitative estimate of drug-likeness (QED) is 0.906. The van der Waals surface area contributed by atoms with Crippen LogP contribution in [0.2, 0.25) is 0 Å². The topological polar surface area (TPSA) is 26.7 Å². The van der Waals surface area contributed by atoms with E-state index in [1.807, 2.05) is 18.2 Å². The highest BCUT2D eigenvalue weighted by Gasteiger charge is 2.34. The maximum Gasteiger partial charge on any atom is 0.134 e. The fourth-order valence-corrected chi connectivity index (χ4v) is 3.78. The Hall–Kier alpha value is -0.580. The van der Waals surface area contributed by atoms with Crippen molar-refractivity contribution in [1.82, 2.24) is 9.80 Å². The second-order valence-corrected chi connectivity index (χ2v) is 6.67. The predicted molar refractivity (Wildman–Crippen MR) is 80.3 cm³/mol. The Morgan fingerprint density at radius 2 is 2.21 bits per heavy atom. The number of hydrogen-bond donors (Lipinski definition) is 1. The van der Waals surface area contributed by atoms with Crippen molar-refractivity contribution in [2.75, 3.05) is 19.6 Å². The van der Waals surface area contributed by atoms with Crippen molar-refractivity contribution < 1.29 is 5.11 Å². The van der Waals surface area contributed by atoms with Crippen LogP contribution in [0.4, 0.5) is 0 Å². The van der Waals surface area contributed by atoms with E-state index in [1.165, 1.54) is 25.9 Å². The third-order valence-corrected chi connectivity index (χ3v) is 5.15. The molecular formula is C15H21BrN2O. The van der Waals surface area contributed by atoms with Gasteiger partial charge in [-0.25, -0.2) is 0 Å². The molecule has 0 saturated carbocycles. The standard InChI is InChI=1S/C15H21BrN2O/c1-11-8-17-7-3-5-13(17)10-18(11)9-12-4-2-6-14(16)15(12)19/h2,4,6,11,13,19H,3,5,7-10H2,1H3. The number of nitrogens with zero attached hydrogens (tertiary/aromatic N) is 2. The van der Waals surface area contributed by atoms with Crippen molar-refractivity contribution in [2.24, 2.45) is 0 Å². The lowest BCUT2D eigenvalue weighted by Gasteiger charge is -2.42. The van der Waals surface area contributed by atoms with Gasteiger partial charge in [-0.15, -0.1) is 0 Å². The normalized spacial score (nSPS) is 28.5. The second-order valence-electron chi connectivity index (χ2n) is 5.82. The molecule has 0 aromatic heterocycles. The Morgan fingerprint density at radius 1 is 1.37 bits per heavy atom. The number of benzene rings is 1. The molecule has 0 radical (unpaired) electrons. The van der Waals surface area contributed by atoms with Gasteiger partial charge in [0, 0.05) is 37.3 Å². The van der Waals surface area contributed by atoms with Crippen LogP contribution in [0.5, 0.6) is 5.75 Å². The molecule has 0 bridgehead atoms. The Bertz CT molecular complexity index is 465. The Morgan fingerprint density at radius 3 is 3.05 bits per heavy atom. The van der Waals surface area contributed by atoms with Gasteiger partial charge in [0.1, 0.15) is 5.75 Å². The van der Waals surface area contributed by atoms with Crippen LogP contribution in [0.25, 0.3) is 0 Å². The summed E-state index contributed by atoms with van der Waals surface area (Å²) < 4.78 is 0.789. The van der Waals surface area contributed by atoms with Crippen LogP contribution < -0.4 is 0 Å². The molecule has 2 heterocycles. The first-order chi connectivity index (χ1) is 9.15. The van der Waals surface area contributed by atoms with Crippen molar-refractivity contribution in [3.8, 4) is 5.75 Å². The summed E-state index contributed by atoms with van der Waals surface area (Å²) >= 11 is 3.39. The van der Waals surface area contributed by atoms with Gasteiger partial charge in [0.25, 0.3) is 0 Å². The van der Waals surface area contributed by atoms with E-state index in [1.54, 1.807) is 0 Å². The van der Waals surface area contributed by atoms with Crippen LogP contribution in [-0.2, 0) is 6.54 Å². The van der Waals surface area contributed by atoms with E-state index in [2.05, 4.69) is 32.7 Å². The molecule has 2 saturated heterocycles. The lowest BCUT2D eigenvalue weighted by Crippen LogP contribution is -2.54. The molecule has 2 fully saturated rings. The van der Waals surface area contributed by atoms with E-state index in [9.17, 15) is 5.11 Å². The van der Waals surface area contributed by atoms with E-state index in [-0.39, 0.29) is 0 Å². The van der Waals surface area contributed by atoms with Crippen molar-refractivity contribution >= 4 is 15.9 Å². The number of halogens is 1. The van der Waals surface area contributed by atoms with Crippen molar-refractivity contribution in [3.63, 3.8) is 0 Å². The molecule has 104 valence electrons. The summed E-state index contributed by atoms with van der Waals surface area (Å²) in [4.78, 5) is 5.13. The average Bonchev–Trinajstić information content (AvgIpc) is 2.82. The van der Waals surface area contributed by atoms with Crippen LogP contribution in [-0.4, -0.2) is 46.6 Å². The van der Waals surface area contributed by atoms with Gasteiger partial charge in [0.05, 0.1) is 4.47 Å². The minimum Gasteiger partial charge on any atom is -0.506 e. The van der Waals surface area contributed by atoms with Gasteiger partial charge in [0.2, 0.25) is 0 Å². The van der Waals surface area contributed by atoms with Gasteiger partial charge in [-0.1, -0.05) is 12.1 Å². The largest absolute Gasteiger partial charge is 0.506 e. The lowest BCUT2D eigenvalue weighted by atomic mass is 10.1. The molecule has 2 unspecified atom stereocenters. The number of piperazine rings is 1. The number of phenolic OH excluding ortho intramolecular Hbond substituents is 1. The van der Waals surface area contributed by atoms with E-state index in [0.29, 0.717) is 11.8 Å². The van der Waals surface area contributed by atoms with Gasteiger partial charge < -0.3 is 5.11 Å². The molecule has 2 aliphatic heterocycles. The van der Waals surface area contributed by atoms with E-state index in [0.717, 1.165) is 29.2 Å². The molecule has 3 nitrogen and oxygen atoms in total. The van der Waals surface area contributed by atoms with E-state index < -0.39 is 0 Å². The van der Waals surface area contributed by atoms with Crippen molar-refractivity contribution in [3.05, 3.63) is 28.2 Å². The molecule has 4 heteroatoms. The van der Waals surface area contributed by atoms with Crippen LogP contribution in [0, 0.1) is 0 Å². The van der Waals surface area contributed by atoms with Gasteiger partial charge in [-0.2, -0.15) is 0 Å². The third kappa shape index (κ3) is 2.67. The zero-order valence-electron chi connectivity index (χ0n) is 11.3. The fourth-order valence-electron chi connectivity index (χ4n) is 3.37. The molecule has 2 atom stereocenters. The summed E-state index contributed by atoms with van der Waals surface area (Å²) in [6, 6.07) is 7.19. The molecule has 1 N–H and O–H groups in total. The summed E-state index contributed by atoms with van der Waals surface area (Å²) in [5.41, 5.74) is 1.02. The number of hydrogen-bond acceptors (Lipinski definition) is 3. The highest BCUT2D eigenvalue weighted by molar-refractivity contribution is 9.10. The summed E-state index contributed by atoms with van der Waals surface area (Å²) in [5, 5.41) is 10.1. The van der Waals surface area contributed by atoms with Crippen LogP contribution in [0.15, 0.2) is 22.7 Å². The first-order valence-corrected chi connectivity index (χ1v) is 7.89. The Balaban J connectivity index is 1.73. The maximum absolute atomic E-state index is 10.1. The van der Waals surface area contributed by atoms with Crippen LogP contribution >= 0.6 is 15.9 Å². The monoisotopic (exact) mass is 324 g/mol. The molecule has 19 heavy (non-hydrogen) atoms. The maximum atomic E-state index is 10.1. The lowest BCUT2D eigenvalue weighted by molar-refractivity contribution is 0.0535. The van der Waals surface area contributed by atoms with E-state index >= 15 is 0 Å². The zero-order chi connectivity index (χ0) is 13.4. The smallest absolute Gasteiger partial charge is 0.134 e. The first kappa shape index (κ1) is 13.4. The highest BCUT2D eigenvalue weighted by atomic mass is 79.9. The average molecular weight is 325 g/mol. The fraction of sp³-hybridized carbons (Fsp3) is 0.600. The predicted octanol–water partition coefficient (Wildman–Crippen LogP) is 2.82. The third-order valence-electron chi connectivity index (χ3n) is 4.51. The van der Waals surface area contributed by atoms with Crippen molar-refractivity contribution in [1.29, 1.82) is 0 Å². The molecule has 0 amide bonds. The Labute approximate surface area is 123 Å². The van der Waals surface area contributed by atoms with Crippen LogP contribution in [0.3, 0.4) is 0 Å². The van der Waals surface area contributed by atoms with E-state index in [4.69, 9.17) is 0 Å². The van der Waals surface area contributed by atoms with Gasteiger partial charge in [0.15, 0.2) is 0 Å². The molecule has 2 aliphatic rings. The number of para-hydroxylation sites is 1. The molecule has 3 rings (SSSR count). The summed E-state index contributed by atoms with van der Waals surface area (Å²) in [6.45, 7) is 6.71. The first-order valence-electron chi connectivity index (χ1n) is 7.09. The number of phenols is 1. The SMILES string of the molecule is CC1CN2CCCC2CN1Cc1cccc(Br)c1O. The zero-order valence-corrected chi connectivity index (χ0v) is 12.9. The minimum absolute atomic E-state index is 0.392. The number of fused-ring (bicyclic) bond motifs is 1. The molecular weight excluding hydrogens is 304 g/mol. The minimum atomic E-state index is 0.392. The Kier molecular flexibility index (Phi) is 3.83. The molecule has 0 spiro atoms. The number of rotatable bonds is 2. The summed E-state index contributed by atoms with van der Waals surface area (Å²) in [5.74, 6) is 0.392. The van der Waals surface area contributed by atoms with Gasteiger partial charge >= 0.3 is 0 Å². The number of aromatic hydroxyl groups is 1. The summed E-state index contributed by atoms with van der Waals surface area (Å²) in [7, 11) is 0. The summed E-state index contributed by atoms with van der Waals surface area (Å²) in [6.07, 6.45) is 2.67.